The minimum absolute atomic E-state index is 0.0949. The first-order chi connectivity index (χ1) is 11.4. The lowest BCUT2D eigenvalue weighted by Gasteiger charge is -2.28. The number of aryl methyl sites for hydroxylation is 1. The van der Waals surface area contributed by atoms with Gasteiger partial charge in [0, 0.05) is 42.5 Å². The lowest BCUT2D eigenvalue weighted by molar-refractivity contribution is -0.825. The number of rotatable bonds is 4. The molecular formula is C18H21N4O2+. The lowest BCUT2D eigenvalue weighted by atomic mass is 9.98. The average Bonchev–Trinajstić information content (AvgIpc) is 2.59. The van der Waals surface area contributed by atoms with E-state index in [2.05, 4.69) is 10.3 Å². The lowest BCUT2D eigenvalue weighted by Crippen LogP contribution is -2.73. The summed E-state index contributed by atoms with van der Waals surface area (Å²) < 4.78 is 1.59. The number of anilines is 1. The van der Waals surface area contributed by atoms with Crippen LogP contribution in [0.25, 0.3) is 10.9 Å². The minimum Gasteiger partial charge on any atom is -0.374 e. The fraction of sp³-hybridized carbons (Fsp3) is 0.222. The van der Waals surface area contributed by atoms with Crippen molar-refractivity contribution in [2.75, 3.05) is 5.32 Å². The topological polar surface area (TPSA) is 83.8 Å². The SMILES string of the molecule is Cn1c(=O)cc(NC(C)(C)c2ccccn2)c2cc([NH2+]O)ccc21. The number of fused-ring (bicyclic) bond motifs is 1. The summed E-state index contributed by atoms with van der Waals surface area (Å²) in [6, 6.07) is 12.8. The summed E-state index contributed by atoms with van der Waals surface area (Å²) in [5.74, 6) is 0. The van der Waals surface area contributed by atoms with Gasteiger partial charge in [-0.15, -0.1) is 0 Å². The van der Waals surface area contributed by atoms with Gasteiger partial charge in [-0.05, 0) is 32.0 Å². The van der Waals surface area contributed by atoms with Crippen LogP contribution in [0.15, 0.2) is 53.5 Å². The number of aromatic nitrogens is 2. The zero-order valence-electron chi connectivity index (χ0n) is 13.9. The van der Waals surface area contributed by atoms with Gasteiger partial charge < -0.3 is 9.88 Å². The fourth-order valence-electron chi connectivity index (χ4n) is 2.80. The molecule has 0 aliphatic heterocycles. The van der Waals surface area contributed by atoms with E-state index < -0.39 is 5.54 Å². The summed E-state index contributed by atoms with van der Waals surface area (Å²) >= 11 is 0. The van der Waals surface area contributed by atoms with E-state index in [1.807, 2.05) is 44.2 Å². The quantitative estimate of drug-likeness (QED) is 0.505. The zero-order chi connectivity index (χ0) is 17.3. The van der Waals surface area contributed by atoms with Crippen molar-refractivity contribution >= 4 is 22.3 Å². The Morgan fingerprint density at radius 1 is 1.21 bits per heavy atom. The standard InChI is InChI=1S/C18H20N4O2/c1-18(2,16-6-4-5-9-19-16)20-14-11-17(23)22(3)15-8-7-12(21-24)10-13(14)15/h4-11,20-21,24H,1-3H3/p+1. The maximum absolute atomic E-state index is 12.3. The normalized spacial score (nSPS) is 11.7. The molecule has 6 heteroatoms. The maximum atomic E-state index is 12.3. The molecule has 2 heterocycles. The molecule has 6 nitrogen and oxygen atoms in total. The van der Waals surface area contributed by atoms with Gasteiger partial charge in [-0.25, -0.2) is 5.21 Å². The van der Waals surface area contributed by atoms with E-state index in [1.165, 1.54) is 0 Å². The molecular weight excluding hydrogens is 304 g/mol. The first kappa shape index (κ1) is 16.2. The average molecular weight is 325 g/mol. The van der Waals surface area contributed by atoms with Gasteiger partial charge in [-0.1, -0.05) is 6.07 Å². The van der Waals surface area contributed by atoms with Crippen molar-refractivity contribution in [2.24, 2.45) is 7.05 Å². The number of hydrogen-bond acceptors (Lipinski definition) is 4. The smallest absolute Gasteiger partial charge is 0.252 e. The summed E-state index contributed by atoms with van der Waals surface area (Å²) in [6.45, 7) is 4.03. The van der Waals surface area contributed by atoms with Crippen molar-refractivity contribution in [2.45, 2.75) is 19.4 Å². The van der Waals surface area contributed by atoms with Crippen molar-refractivity contribution in [1.82, 2.24) is 9.55 Å². The molecule has 4 N–H and O–H groups in total. The van der Waals surface area contributed by atoms with Crippen LogP contribution < -0.4 is 16.4 Å². The van der Waals surface area contributed by atoms with Gasteiger partial charge in [0.05, 0.1) is 16.7 Å². The van der Waals surface area contributed by atoms with Crippen molar-refractivity contribution in [3.63, 3.8) is 0 Å². The fourth-order valence-corrected chi connectivity index (χ4v) is 2.80. The summed E-state index contributed by atoms with van der Waals surface area (Å²) in [4.78, 5) is 16.7. The van der Waals surface area contributed by atoms with Crippen molar-refractivity contribution < 1.29 is 10.7 Å². The minimum atomic E-state index is -0.459. The molecule has 0 saturated carbocycles. The molecule has 0 aliphatic carbocycles. The molecule has 0 saturated heterocycles. The predicted molar refractivity (Wildman–Crippen MR) is 93.4 cm³/mol. The Balaban J connectivity index is 2.15. The summed E-state index contributed by atoms with van der Waals surface area (Å²) in [7, 11) is 1.74. The molecule has 0 aliphatic rings. The Labute approximate surface area is 139 Å². The van der Waals surface area contributed by atoms with Gasteiger partial charge in [0.15, 0.2) is 5.69 Å². The molecule has 1 aromatic carbocycles. The highest BCUT2D eigenvalue weighted by Gasteiger charge is 2.23. The Bertz CT molecular complexity index is 933. The number of nitrogens with zero attached hydrogens (tertiary/aromatic N) is 2. The highest BCUT2D eigenvalue weighted by Crippen LogP contribution is 2.29. The number of nitrogens with two attached hydrogens (primary N) is 1. The molecule has 0 amide bonds. The molecule has 0 unspecified atom stereocenters. The van der Waals surface area contributed by atoms with Crippen molar-refractivity contribution in [3.8, 4) is 0 Å². The molecule has 0 radical (unpaired) electrons. The third kappa shape index (κ3) is 2.89. The van der Waals surface area contributed by atoms with Crippen LogP contribution in [0.4, 0.5) is 11.4 Å². The number of benzene rings is 1. The van der Waals surface area contributed by atoms with Gasteiger partial charge in [0.2, 0.25) is 0 Å². The molecule has 3 rings (SSSR count). The molecule has 0 fully saturated rings. The molecule has 3 aromatic rings. The van der Waals surface area contributed by atoms with Crippen LogP contribution >= 0.6 is 0 Å². The van der Waals surface area contributed by atoms with E-state index in [9.17, 15) is 10.0 Å². The third-order valence-electron chi connectivity index (χ3n) is 4.17. The Morgan fingerprint density at radius 2 is 2.00 bits per heavy atom. The van der Waals surface area contributed by atoms with Gasteiger partial charge in [0.25, 0.3) is 5.56 Å². The van der Waals surface area contributed by atoms with Crippen LogP contribution in [0, 0.1) is 0 Å². The first-order valence-corrected chi connectivity index (χ1v) is 7.73. The second-order valence-electron chi connectivity index (χ2n) is 6.33. The van der Waals surface area contributed by atoms with Gasteiger partial charge >= 0.3 is 0 Å². The third-order valence-corrected chi connectivity index (χ3v) is 4.17. The highest BCUT2D eigenvalue weighted by molar-refractivity contribution is 5.93. The molecule has 0 bridgehead atoms. The number of quaternary nitrogens is 1. The van der Waals surface area contributed by atoms with E-state index >= 15 is 0 Å². The predicted octanol–water partition coefficient (Wildman–Crippen LogP) is 1.86. The second-order valence-corrected chi connectivity index (χ2v) is 6.33. The number of pyridine rings is 2. The Kier molecular flexibility index (Phi) is 4.09. The van der Waals surface area contributed by atoms with Crippen molar-refractivity contribution in [1.29, 1.82) is 0 Å². The Morgan fingerprint density at radius 3 is 2.67 bits per heavy atom. The Hall–Kier alpha value is -2.70. The summed E-state index contributed by atoms with van der Waals surface area (Å²) in [6.07, 6.45) is 1.75. The van der Waals surface area contributed by atoms with E-state index in [-0.39, 0.29) is 5.56 Å². The zero-order valence-corrected chi connectivity index (χ0v) is 13.9. The molecule has 24 heavy (non-hydrogen) atoms. The highest BCUT2D eigenvalue weighted by atomic mass is 16.5. The molecule has 0 atom stereocenters. The summed E-state index contributed by atoms with van der Waals surface area (Å²) in [5.41, 5.74) is 3.57. The first-order valence-electron chi connectivity index (χ1n) is 7.73. The summed E-state index contributed by atoms with van der Waals surface area (Å²) in [5, 5.41) is 13.6. The van der Waals surface area contributed by atoms with Crippen LogP contribution in [0.2, 0.25) is 0 Å². The molecule has 2 aromatic heterocycles. The maximum Gasteiger partial charge on any atom is 0.252 e. The van der Waals surface area contributed by atoms with Crippen LogP contribution in [-0.4, -0.2) is 14.8 Å². The van der Waals surface area contributed by atoms with E-state index in [0.29, 0.717) is 11.4 Å². The van der Waals surface area contributed by atoms with Crippen LogP contribution in [0.3, 0.4) is 0 Å². The van der Waals surface area contributed by atoms with Crippen molar-refractivity contribution in [3.05, 3.63) is 64.7 Å². The van der Waals surface area contributed by atoms with Gasteiger partial charge in [-0.3, -0.25) is 9.78 Å². The largest absolute Gasteiger partial charge is 0.374 e. The number of nitrogens with one attached hydrogen (secondary N) is 1. The molecule has 124 valence electrons. The van der Waals surface area contributed by atoms with Crippen LogP contribution in [-0.2, 0) is 12.6 Å². The van der Waals surface area contributed by atoms with Gasteiger partial charge in [-0.2, -0.15) is 5.48 Å². The van der Waals surface area contributed by atoms with E-state index in [0.717, 1.165) is 22.1 Å². The van der Waals surface area contributed by atoms with E-state index in [4.69, 9.17) is 0 Å². The monoisotopic (exact) mass is 325 g/mol. The van der Waals surface area contributed by atoms with Gasteiger partial charge in [0.1, 0.15) is 0 Å². The van der Waals surface area contributed by atoms with E-state index in [1.54, 1.807) is 29.9 Å². The van der Waals surface area contributed by atoms with Crippen LogP contribution in [0.1, 0.15) is 19.5 Å². The second kappa shape index (κ2) is 6.07. The molecule has 0 spiro atoms. The number of hydrogen-bond donors (Lipinski definition) is 3. The van der Waals surface area contributed by atoms with Crippen LogP contribution in [0.5, 0.6) is 0 Å².